The Kier molecular flexibility index (Phi) is 15.6. The average molecular weight is 998 g/mol. The van der Waals surface area contributed by atoms with Crippen LogP contribution in [0.15, 0.2) is 69.6 Å². The normalized spacial score (nSPS) is 16.7. The van der Waals surface area contributed by atoms with Crippen LogP contribution >= 0.6 is 22.9 Å². The number of amides is 3. The molecule has 19 nitrogen and oxygen atoms in total. The molecule has 2 saturated heterocycles. The third-order valence-corrected chi connectivity index (χ3v) is 13.8. The van der Waals surface area contributed by atoms with E-state index in [0.29, 0.717) is 70.3 Å². The first kappa shape index (κ1) is 49.8. The fourth-order valence-electron chi connectivity index (χ4n) is 8.78. The van der Waals surface area contributed by atoms with Crippen LogP contribution in [-0.2, 0) is 32.7 Å². The number of aryl methyl sites for hydroxylation is 3. The number of hydrogen-bond donors (Lipinski definition) is 4. The first-order valence-corrected chi connectivity index (χ1v) is 24.4. The first-order chi connectivity index (χ1) is 33.7. The summed E-state index contributed by atoms with van der Waals surface area (Å²) in [6.07, 6.45) is 2.26. The summed E-state index contributed by atoms with van der Waals surface area (Å²) in [5.41, 5.74) is 6.02. The number of β-amino-alcohol motifs (C(OH)–C–C–N with tert-alkyl or cyclic N) is 1. The third-order valence-electron chi connectivity index (χ3n) is 12.5. The lowest BCUT2D eigenvalue weighted by Crippen LogP contribution is -2.48. The van der Waals surface area contributed by atoms with E-state index in [1.807, 2.05) is 57.2 Å². The number of benzene rings is 2. The van der Waals surface area contributed by atoms with Crippen molar-refractivity contribution in [3.63, 3.8) is 0 Å². The van der Waals surface area contributed by atoms with E-state index in [9.17, 15) is 24.3 Å². The maximum atomic E-state index is 13.9. The van der Waals surface area contributed by atoms with Crippen molar-refractivity contribution in [3.05, 3.63) is 98.3 Å². The molecule has 0 bridgehead atoms. The number of ether oxygens (including phenoxy) is 3. The molecule has 0 aliphatic carbocycles. The molecule has 70 heavy (non-hydrogen) atoms. The molecule has 21 heteroatoms. The van der Waals surface area contributed by atoms with E-state index in [1.165, 1.54) is 27.9 Å². The summed E-state index contributed by atoms with van der Waals surface area (Å²) in [5.74, 6) is 0.201. The summed E-state index contributed by atoms with van der Waals surface area (Å²) in [4.78, 5) is 70.6. The Labute approximate surface area is 413 Å². The van der Waals surface area contributed by atoms with Gasteiger partial charge in [-0.3, -0.25) is 19.2 Å². The second kappa shape index (κ2) is 22.0. The Bertz CT molecular complexity index is 2920. The van der Waals surface area contributed by atoms with Gasteiger partial charge in [-0.2, -0.15) is 4.98 Å². The number of thiazole rings is 1. The van der Waals surface area contributed by atoms with Gasteiger partial charge in [0, 0.05) is 69.4 Å². The van der Waals surface area contributed by atoms with E-state index in [0.717, 1.165) is 34.5 Å². The minimum Gasteiger partial charge on any atom is -0.491 e. The zero-order valence-corrected chi connectivity index (χ0v) is 41.4. The average Bonchev–Trinajstić information content (AvgIpc) is 4.10. The van der Waals surface area contributed by atoms with Crippen LogP contribution in [0.5, 0.6) is 11.5 Å². The Morgan fingerprint density at radius 3 is 2.53 bits per heavy atom. The molecule has 4 N–H and O–H groups in total. The standard InChI is InChI=1S/C49H57ClN10O9S/c1-27(2)43(40-17-28(3)57-69-40)48(65)60-24-34(61)21-38(60)46(63)52-22-31-8-7-30(44-29(4)54-26-70-44)19-39(31)67-16-15-66-35-11-13-59(14-12-35)49-53-23-36(50)45(56-49)55-33-9-10-37-32(18-33)20-41(47(64)58(37)6)68-25-42(62)51-5/h7-10,17-20,23,26-27,34-35,38,43,61H,11-16,21-22,24-25H2,1-6H3,(H,51,62)(H,52,63)(H,53,55,56)/t34-,38+,43?/m1/s1. The van der Waals surface area contributed by atoms with Gasteiger partial charge in [0.1, 0.15) is 35.1 Å². The minimum absolute atomic E-state index is 0.0238. The molecule has 3 atom stereocenters. The van der Waals surface area contributed by atoms with Gasteiger partial charge in [0.15, 0.2) is 18.2 Å². The lowest BCUT2D eigenvalue weighted by molar-refractivity contribution is -0.141. The summed E-state index contributed by atoms with van der Waals surface area (Å²) in [6.45, 7) is 9.33. The fraction of sp³-hybridized carbons (Fsp3) is 0.429. The highest BCUT2D eigenvalue weighted by Crippen LogP contribution is 2.34. The van der Waals surface area contributed by atoms with Crippen molar-refractivity contribution in [2.24, 2.45) is 13.0 Å². The minimum atomic E-state index is -0.865. The molecule has 6 heterocycles. The van der Waals surface area contributed by atoms with Gasteiger partial charge in [-0.25, -0.2) is 9.97 Å². The summed E-state index contributed by atoms with van der Waals surface area (Å²) in [6, 6.07) is 13.8. The maximum Gasteiger partial charge on any atom is 0.293 e. The summed E-state index contributed by atoms with van der Waals surface area (Å²) >= 11 is 8.11. The third kappa shape index (κ3) is 11.4. The molecule has 0 spiro atoms. The van der Waals surface area contributed by atoms with Crippen LogP contribution in [0.3, 0.4) is 0 Å². The molecule has 4 aromatic heterocycles. The number of nitrogens with one attached hydrogen (secondary N) is 3. The number of aliphatic hydroxyl groups is 1. The van der Waals surface area contributed by atoms with E-state index in [4.69, 9.17) is 35.3 Å². The maximum absolute atomic E-state index is 13.9. The largest absolute Gasteiger partial charge is 0.491 e. The van der Waals surface area contributed by atoms with E-state index in [1.54, 1.807) is 37.8 Å². The van der Waals surface area contributed by atoms with Crippen LogP contribution in [0.25, 0.3) is 21.3 Å². The number of hydrogen-bond acceptors (Lipinski definition) is 16. The molecule has 370 valence electrons. The number of aromatic nitrogens is 5. The molecule has 1 unspecified atom stereocenters. The number of carbonyl (C=O) groups excluding carboxylic acids is 3. The quantitative estimate of drug-likeness (QED) is 0.0762. The molecule has 0 saturated carbocycles. The number of nitrogens with zero attached hydrogens (tertiary/aromatic N) is 7. The predicted molar refractivity (Wildman–Crippen MR) is 265 cm³/mol. The van der Waals surface area contributed by atoms with Crippen molar-refractivity contribution in [1.82, 2.24) is 40.2 Å². The predicted octanol–water partition coefficient (Wildman–Crippen LogP) is 5.66. The monoisotopic (exact) mass is 996 g/mol. The van der Waals surface area contributed by atoms with E-state index >= 15 is 0 Å². The van der Waals surface area contributed by atoms with Gasteiger partial charge >= 0.3 is 0 Å². The second-order valence-electron chi connectivity index (χ2n) is 17.8. The van der Waals surface area contributed by atoms with E-state index in [-0.39, 0.29) is 73.8 Å². The number of aliphatic hydroxyl groups excluding tert-OH is 1. The number of piperidine rings is 1. The topological polar surface area (TPSA) is 228 Å². The molecule has 3 amide bonds. The van der Waals surface area contributed by atoms with Gasteiger partial charge in [0.25, 0.3) is 11.5 Å². The highest BCUT2D eigenvalue weighted by atomic mass is 35.5. The second-order valence-corrected chi connectivity index (χ2v) is 19.1. The lowest BCUT2D eigenvalue weighted by atomic mass is 9.91. The van der Waals surface area contributed by atoms with Gasteiger partial charge in [0.2, 0.25) is 17.8 Å². The number of pyridine rings is 1. The molecule has 2 aromatic carbocycles. The Morgan fingerprint density at radius 1 is 1.01 bits per heavy atom. The van der Waals surface area contributed by atoms with Crippen molar-refractivity contribution in [2.45, 2.75) is 77.7 Å². The van der Waals surface area contributed by atoms with Crippen LogP contribution in [0.2, 0.25) is 5.02 Å². The van der Waals surface area contributed by atoms with Crippen LogP contribution in [0.4, 0.5) is 17.5 Å². The number of likely N-dealkylation sites (tertiary alicyclic amines) is 1. The van der Waals surface area contributed by atoms with Crippen molar-refractivity contribution in [1.29, 1.82) is 0 Å². The van der Waals surface area contributed by atoms with Crippen molar-refractivity contribution < 1.29 is 38.2 Å². The number of likely N-dealkylation sites (N-methyl/N-ethyl adjacent to an activating group) is 1. The molecule has 2 aliphatic rings. The highest BCUT2D eigenvalue weighted by molar-refractivity contribution is 7.13. The molecule has 2 aliphatic heterocycles. The Balaban J connectivity index is 0.865. The van der Waals surface area contributed by atoms with Crippen molar-refractivity contribution >= 4 is 69.0 Å². The number of carbonyl (C=O) groups is 3. The smallest absolute Gasteiger partial charge is 0.293 e. The number of rotatable bonds is 18. The van der Waals surface area contributed by atoms with Gasteiger partial charge in [0.05, 0.1) is 52.3 Å². The summed E-state index contributed by atoms with van der Waals surface area (Å²) in [5, 5.41) is 24.5. The number of anilines is 3. The SMILES string of the molecule is CNC(=O)COc1cc2cc(Nc3nc(N4CCC(OCCOc5cc(-c6scnc6C)ccc5CNC(=O)[C@@H]5C[C@@H](O)CN5C(=O)C(c5cc(C)no5)C(C)C)CC4)ncc3Cl)ccc2n(C)c1=O. The number of fused-ring (bicyclic) bond motifs is 1. The molecule has 0 radical (unpaired) electrons. The van der Waals surface area contributed by atoms with Gasteiger partial charge in [-0.15, -0.1) is 11.3 Å². The fourth-order valence-corrected chi connectivity index (χ4v) is 9.72. The summed E-state index contributed by atoms with van der Waals surface area (Å²) in [7, 11) is 3.14. The molecular weight excluding hydrogens is 940 g/mol. The van der Waals surface area contributed by atoms with Gasteiger partial charge in [-0.05, 0) is 68.5 Å². The van der Waals surface area contributed by atoms with E-state index in [2.05, 4.69) is 36.0 Å². The zero-order valence-electron chi connectivity index (χ0n) is 39.9. The molecule has 8 rings (SSSR count). The van der Waals surface area contributed by atoms with Crippen LogP contribution < -0.4 is 35.9 Å². The number of halogens is 1. The van der Waals surface area contributed by atoms with Crippen LogP contribution in [0.1, 0.15) is 61.7 Å². The van der Waals surface area contributed by atoms with Crippen LogP contribution in [-0.4, -0.2) is 117 Å². The Hall–Kier alpha value is -6.61. The Morgan fingerprint density at radius 2 is 1.81 bits per heavy atom. The van der Waals surface area contributed by atoms with Crippen molar-refractivity contribution in [3.8, 4) is 21.9 Å². The van der Waals surface area contributed by atoms with Gasteiger partial charge in [-0.1, -0.05) is 42.7 Å². The molecule has 6 aromatic rings. The van der Waals surface area contributed by atoms with Crippen LogP contribution in [0, 0.1) is 19.8 Å². The first-order valence-electron chi connectivity index (χ1n) is 23.2. The summed E-state index contributed by atoms with van der Waals surface area (Å²) < 4.78 is 25.2. The van der Waals surface area contributed by atoms with Gasteiger partial charge < -0.3 is 54.2 Å². The van der Waals surface area contributed by atoms with Crippen molar-refractivity contribution in [2.75, 3.05) is 56.7 Å². The lowest BCUT2D eigenvalue weighted by Gasteiger charge is -2.32. The molecular formula is C49H57ClN10O9S. The zero-order chi connectivity index (χ0) is 49.6. The van der Waals surface area contributed by atoms with E-state index < -0.39 is 18.1 Å². The highest BCUT2D eigenvalue weighted by Gasteiger charge is 2.43. The molecule has 2 fully saturated rings.